The van der Waals surface area contributed by atoms with E-state index in [2.05, 4.69) is 0 Å². The number of methoxy groups -OCH3 is 1. The highest BCUT2D eigenvalue weighted by Gasteiger charge is 2.42. The van der Waals surface area contributed by atoms with Gasteiger partial charge in [-0.2, -0.15) is 0 Å². The molecular formula is C18H16O3. The van der Waals surface area contributed by atoms with Gasteiger partial charge in [-0.15, -0.1) is 0 Å². The minimum Gasteiger partial charge on any atom is -0.497 e. The van der Waals surface area contributed by atoms with Gasteiger partial charge < -0.3 is 9.84 Å². The van der Waals surface area contributed by atoms with Gasteiger partial charge in [0.05, 0.1) is 7.11 Å². The number of Topliss-reactive ketones (excluding diaryl/α,β-unsaturated/α-hetero) is 1. The van der Waals surface area contributed by atoms with Crippen LogP contribution in [0.15, 0.2) is 54.1 Å². The number of fused-ring (bicyclic) bond motifs is 1. The van der Waals surface area contributed by atoms with Gasteiger partial charge >= 0.3 is 0 Å². The van der Waals surface area contributed by atoms with Gasteiger partial charge in [-0.25, -0.2) is 0 Å². The molecule has 3 rings (SSSR count). The Bertz CT molecular complexity index is 724. The fourth-order valence-electron chi connectivity index (χ4n) is 2.69. The minimum absolute atomic E-state index is 0.119. The Kier molecular flexibility index (Phi) is 3.15. The van der Waals surface area contributed by atoms with Crippen LogP contribution in [0.3, 0.4) is 0 Å². The highest BCUT2D eigenvalue weighted by molar-refractivity contribution is 6.17. The number of rotatable bonds is 2. The molecule has 1 aliphatic rings. The lowest BCUT2D eigenvalue weighted by Crippen LogP contribution is -2.20. The largest absolute Gasteiger partial charge is 0.497 e. The molecule has 1 N–H and O–H groups in total. The third-order valence-electron chi connectivity index (χ3n) is 3.89. The van der Waals surface area contributed by atoms with Gasteiger partial charge in [0.2, 0.25) is 0 Å². The summed E-state index contributed by atoms with van der Waals surface area (Å²) in [5.41, 5.74) is 1.23. The second-order valence-corrected chi connectivity index (χ2v) is 5.28. The smallest absolute Gasteiger partial charge is 0.192 e. The van der Waals surface area contributed by atoms with Crippen LogP contribution in [0.25, 0.3) is 6.08 Å². The van der Waals surface area contributed by atoms with Crippen LogP contribution in [0.4, 0.5) is 0 Å². The quantitative estimate of drug-likeness (QED) is 0.859. The highest BCUT2D eigenvalue weighted by atomic mass is 16.5. The molecule has 0 heterocycles. The van der Waals surface area contributed by atoms with Crippen LogP contribution in [0.2, 0.25) is 0 Å². The average Bonchev–Trinajstić information content (AvgIpc) is 2.70. The van der Waals surface area contributed by atoms with E-state index in [1.54, 1.807) is 32.2 Å². The third-order valence-corrected chi connectivity index (χ3v) is 3.89. The van der Waals surface area contributed by atoms with E-state index < -0.39 is 5.60 Å². The zero-order valence-electron chi connectivity index (χ0n) is 12.0. The van der Waals surface area contributed by atoms with E-state index in [-0.39, 0.29) is 5.78 Å². The van der Waals surface area contributed by atoms with E-state index in [4.69, 9.17) is 4.74 Å². The van der Waals surface area contributed by atoms with Gasteiger partial charge in [-0.1, -0.05) is 36.4 Å². The molecular weight excluding hydrogens is 264 g/mol. The van der Waals surface area contributed by atoms with Crippen molar-refractivity contribution >= 4 is 11.9 Å². The third kappa shape index (κ3) is 2.16. The Morgan fingerprint density at radius 2 is 1.76 bits per heavy atom. The minimum atomic E-state index is -1.26. The van der Waals surface area contributed by atoms with E-state index in [1.165, 1.54) is 0 Å². The van der Waals surface area contributed by atoms with E-state index in [1.807, 2.05) is 36.4 Å². The number of carbonyl (C=O) groups is 1. The van der Waals surface area contributed by atoms with Gasteiger partial charge in [0, 0.05) is 11.1 Å². The molecule has 1 unspecified atom stereocenters. The predicted molar refractivity (Wildman–Crippen MR) is 81.3 cm³/mol. The van der Waals surface area contributed by atoms with Crippen LogP contribution in [0, 0.1) is 0 Å². The summed E-state index contributed by atoms with van der Waals surface area (Å²) >= 11 is 0. The zero-order chi connectivity index (χ0) is 15.0. The average molecular weight is 280 g/mol. The molecule has 106 valence electrons. The zero-order valence-corrected chi connectivity index (χ0v) is 12.0. The lowest BCUT2D eigenvalue weighted by Gasteiger charge is -2.19. The molecule has 3 nitrogen and oxygen atoms in total. The van der Waals surface area contributed by atoms with Crippen LogP contribution in [-0.4, -0.2) is 18.0 Å². The topological polar surface area (TPSA) is 46.5 Å². The van der Waals surface area contributed by atoms with Crippen molar-refractivity contribution in [3.63, 3.8) is 0 Å². The van der Waals surface area contributed by atoms with Crippen LogP contribution >= 0.6 is 0 Å². The Labute approximate surface area is 123 Å². The molecule has 21 heavy (non-hydrogen) atoms. The standard InChI is InChI=1S/C18H16O3/c1-18(20)15-6-4-3-5-14(15)17(19)16(18)11-12-7-9-13(21-2)10-8-12/h3-11,20H,1-2H3/b16-11-. The van der Waals surface area contributed by atoms with E-state index in [9.17, 15) is 9.90 Å². The molecule has 0 saturated carbocycles. The van der Waals surface area contributed by atoms with Gasteiger partial charge in [0.25, 0.3) is 0 Å². The van der Waals surface area contributed by atoms with Gasteiger partial charge in [0.1, 0.15) is 11.4 Å². The molecule has 1 atom stereocenters. The number of hydrogen-bond donors (Lipinski definition) is 1. The van der Waals surface area contributed by atoms with Crippen LogP contribution in [-0.2, 0) is 5.60 Å². The lowest BCUT2D eigenvalue weighted by atomic mass is 9.93. The molecule has 0 saturated heterocycles. The van der Waals surface area contributed by atoms with Gasteiger partial charge in [-0.05, 0) is 36.3 Å². The first kappa shape index (κ1) is 13.6. The van der Waals surface area contributed by atoms with Crippen molar-refractivity contribution in [2.75, 3.05) is 7.11 Å². The lowest BCUT2D eigenvalue weighted by molar-refractivity contribution is 0.0877. The number of hydrogen-bond acceptors (Lipinski definition) is 3. The molecule has 2 aromatic carbocycles. The van der Waals surface area contributed by atoms with Crippen molar-refractivity contribution in [3.05, 3.63) is 70.8 Å². The fourth-order valence-corrected chi connectivity index (χ4v) is 2.69. The Morgan fingerprint density at radius 1 is 1.10 bits per heavy atom. The molecule has 0 spiro atoms. The molecule has 0 bridgehead atoms. The molecule has 0 radical (unpaired) electrons. The van der Waals surface area contributed by atoms with Crippen molar-refractivity contribution in [3.8, 4) is 5.75 Å². The summed E-state index contributed by atoms with van der Waals surface area (Å²) in [4.78, 5) is 12.5. The van der Waals surface area contributed by atoms with E-state index in [0.717, 1.165) is 11.3 Å². The van der Waals surface area contributed by atoms with Crippen molar-refractivity contribution in [2.45, 2.75) is 12.5 Å². The molecule has 2 aromatic rings. The normalized spacial score (nSPS) is 22.4. The van der Waals surface area contributed by atoms with Crippen LogP contribution < -0.4 is 4.74 Å². The Balaban J connectivity index is 2.06. The SMILES string of the molecule is COc1ccc(/C=C2/C(=O)c3ccccc3C2(C)O)cc1. The first-order valence-electron chi connectivity index (χ1n) is 6.77. The van der Waals surface area contributed by atoms with Crippen LogP contribution in [0.1, 0.15) is 28.4 Å². The second-order valence-electron chi connectivity index (χ2n) is 5.28. The van der Waals surface area contributed by atoms with Gasteiger partial charge in [0.15, 0.2) is 5.78 Å². The Morgan fingerprint density at radius 3 is 2.38 bits per heavy atom. The van der Waals surface area contributed by atoms with Crippen molar-refractivity contribution < 1.29 is 14.6 Å². The number of benzene rings is 2. The second kappa shape index (κ2) is 4.86. The predicted octanol–water partition coefficient (Wildman–Crippen LogP) is 3.18. The summed E-state index contributed by atoms with van der Waals surface area (Å²) in [6.07, 6.45) is 1.74. The molecule has 0 aliphatic heterocycles. The summed E-state index contributed by atoms with van der Waals surface area (Å²) in [6, 6.07) is 14.6. The van der Waals surface area contributed by atoms with Gasteiger partial charge in [-0.3, -0.25) is 4.79 Å². The highest BCUT2D eigenvalue weighted by Crippen LogP contribution is 2.41. The maximum atomic E-state index is 12.5. The maximum Gasteiger partial charge on any atom is 0.192 e. The Hall–Kier alpha value is -2.39. The maximum absolute atomic E-state index is 12.5. The molecule has 0 fully saturated rings. The summed E-state index contributed by atoms with van der Waals surface area (Å²) in [6.45, 7) is 1.66. The molecule has 1 aliphatic carbocycles. The molecule has 3 heteroatoms. The molecule has 0 aromatic heterocycles. The summed E-state index contributed by atoms with van der Waals surface area (Å²) < 4.78 is 5.11. The number of ether oxygens (including phenoxy) is 1. The van der Waals surface area contributed by atoms with E-state index in [0.29, 0.717) is 16.7 Å². The number of ketones is 1. The fraction of sp³-hybridized carbons (Fsp3) is 0.167. The van der Waals surface area contributed by atoms with E-state index >= 15 is 0 Å². The molecule has 0 amide bonds. The number of carbonyl (C=O) groups excluding carboxylic acids is 1. The number of aliphatic hydroxyl groups is 1. The first-order valence-corrected chi connectivity index (χ1v) is 6.77. The summed E-state index contributed by atoms with van der Waals surface area (Å²) in [5, 5.41) is 10.7. The van der Waals surface area contributed by atoms with Crippen molar-refractivity contribution in [1.82, 2.24) is 0 Å². The monoisotopic (exact) mass is 280 g/mol. The first-order chi connectivity index (χ1) is 10.0. The van der Waals surface area contributed by atoms with Crippen LogP contribution in [0.5, 0.6) is 5.75 Å². The summed E-state index contributed by atoms with van der Waals surface area (Å²) in [7, 11) is 1.61. The summed E-state index contributed by atoms with van der Waals surface area (Å²) in [5.74, 6) is 0.636. The van der Waals surface area contributed by atoms with Crippen molar-refractivity contribution in [1.29, 1.82) is 0 Å². The van der Waals surface area contributed by atoms with Crippen molar-refractivity contribution in [2.24, 2.45) is 0 Å².